The van der Waals surface area contributed by atoms with Gasteiger partial charge in [0.05, 0.1) is 13.2 Å². The first kappa shape index (κ1) is 18.0. The van der Waals surface area contributed by atoms with Crippen LogP contribution in [0.2, 0.25) is 0 Å². The van der Waals surface area contributed by atoms with Crippen LogP contribution in [0, 0.1) is 0 Å². The standard InChI is InChI=1S/C18H17BrO5/c1-11(2)23-15-7-5-4-6-13(15)18(21)24-16-9-8-12(19)10-14(16)17(20)22-3/h4-11H,1-3H3. The Balaban J connectivity index is 2.33. The van der Waals surface area contributed by atoms with E-state index in [9.17, 15) is 9.59 Å². The van der Waals surface area contributed by atoms with E-state index < -0.39 is 11.9 Å². The van der Waals surface area contributed by atoms with Gasteiger partial charge in [-0.2, -0.15) is 0 Å². The highest BCUT2D eigenvalue weighted by Gasteiger charge is 2.20. The van der Waals surface area contributed by atoms with Gasteiger partial charge in [-0.05, 0) is 44.2 Å². The van der Waals surface area contributed by atoms with Gasteiger partial charge >= 0.3 is 11.9 Å². The number of methoxy groups -OCH3 is 1. The lowest BCUT2D eigenvalue weighted by molar-refractivity contribution is 0.0593. The van der Waals surface area contributed by atoms with Gasteiger partial charge in [0.1, 0.15) is 22.6 Å². The van der Waals surface area contributed by atoms with Gasteiger partial charge in [0.15, 0.2) is 0 Å². The number of halogens is 1. The topological polar surface area (TPSA) is 61.8 Å². The minimum absolute atomic E-state index is 0.0859. The lowest BCUT2D eigenvalue weighted by atomic mass is 10.2. The smallest absolute Gasteiger partial charge is 0.347 e. The summed E-state index contributed by atoms with van der Waals surface area (Å²) in [7, 11) is 1.26. The largest absolute Gasteiger partial charge is 0.490 e. The van der Waals surface area contributed by atoms with Crippen molar-refractivity contribution in [2.45, 2.75) is 20.0 Å². The second-order valence-electron chi connectivity index (χ2n) is 5.18. The van der Waals surface area contributed by atoms with E-state index in [0.29, 0.717) is 10.2 Å². The van der Waals surface area contributed by atoms with E-state index in [1.54, 1.807) is 30.3 Å². The molecular formula is C18H17BrO5. The van der Waals surface area contributed by atoms with Crippen molar-refractivity contribution in [2.24, 2.45) is 0 Å². The number of esters is 2. The molecule has 0 aliphatic carbocycles. The third-order valence-corrected chi connectivity index (χ3v) is 3.51. The summed E-state index contributed by atoms with van der Waals surface area (Å²) in [5.41, 5.74) is 0.437. The maximum absolute atomic E-state index is 12.5. The molecule has 0 fully saturated rings. The molecule has 0 saturated carbocycles. The van der Waals surface area contributed by atoms with E-state index in [-0.39, 0.29) is 23.0 Å². The Kier molecular flexibility index (Phi) is 5.98. The minimum atomic E-state index is -0.612. The Morgan fingerprint density at radius 2 is 1.67 bits per heavy atom. The molecule has 0 heterocycles. The zero-order valence-corrected chi connectivity index (χ0v) is 15.1. The van der Waals surface area contributed by atoms with E-state index in [4.69, 9.17) is 14.2 Å². The van der Waals surface area contributed by atoms with Crippen LogP contribution in [0.3, 0.4) is 0 Å². The molecule has 2 aromatic carbocycles. The number of carbonyl (C=O) groups excluding carboxylic acids is 2. The summed E-state index contributed by atoms with van der Waals surface area (Å²) in [5, 5.41) is 0. The van der Waals surface area contributed by atoms with Crippen LogP contribution in [0.15, 0.2) is 46.9 Å². The summed E-state index contributed by atoms with van der Waals surface area (Å²) in [6.07, 6.45) is -0.0859. The maximum atomic E-state index is 12.5. The molecule has 5 nitrogen and oxygen atoms in total. The Bertz CT molecular complexity index is 755. The van der Waals surface area contributed by atoms with Gasteiger partial charge in [0.25, 0.3) is 0 Å². The van der Waals surface area contributed by atoms with E-state index in [1.165, 1.54) is 19.2 Å². The molecule has 0 N–H and O–H groups in total. The highest BCUT2D eigenvalue weighted by Crippen LogP contribution is 2.27. The first-order valence-electron chi connectivity index (χ1n) is 7.28. The molecule has 0 saturated heterocycles. The molecule has 0 aliphatic heterocycles. The number of para-hydroxylation sites is 1. The van der Waals surface area contributed by atoms with Gasteiger partial charge in [0.2, 0.25) is 0 Å². The lowest BCUT2D eigenvalue weighted by Gasteiger charge is -2.14. The maximum Gasteiger partial charge on any atom is 0.347 e. The van der Waals surface area contributed by atoms with Crippen molar-refractivity contribution in [3.05, 3.63) is 58.1 Å². The van der Waals surface area contributed by atoms with Gasteiger partial charge in [0, 0.05) is 4.47 Å². The third-order valence-electron chi connectivity index (χ3n) is 3.02. The molecule has 126 valence electrons. The van der Waals surface area contributed by atoms with Gasteiger partial charge in [-0.15, -0.1) is 0 Å². The van der Waals surface area contributed by atoms with E-state index in [1.807, 2.05) is 13.8 Å². The predicted molar refractivity (Wildman–Crippen MR) is 92.6 cm³/mol. The van der Waals surface area contributed by atoms with Crippen LogP contribution in [-0.4, -0.2) is 25.2 Å². The molecule has 0 amide bonds. The van der Waals surface area contributed by atoms with Crippen LogP contribution in [0.1, 0.15) is 34.6 Å². The molecule has 0 spiro atoms. The van der Waals surface area contributed by atoms with Gasteiger partial charge < -0.3 is 14.2 Å². The number of benzene rings is 2. The van der Waals surface area contributed by atoms with E-state index >= 15 is 0 Å². The van der Waals surface area contributed by atoms with Crippen molar-refractivity contribution in [2.75, 3.05) is 7.11 Å². The summed E-state index contributed by atoms with van der Waals surface area (Å²) in [6.45, 7) is 3.73. The molecule has 0 aliphatic rings. The average molecular weight is 393 g/mol. The molecule has 0 bridgehead atoms. The molecule has 2 rings (SSSR count). The number of hydrogen-bond acceptors (Lipinski definition) is 5. The predicted octanol–water partition coefficient (Wildman–Crippen LogP) is 4.24. The molecule has 24 heavy (non-hydrogen) atoms. The molecule has 6 heteroatoms. The lowest BCUT2D eigenvalue weighted by Crippen LogP contribution is -2.15. The van der Waals surface area contributed by atoms with Crippen molar-refractivity contribution in [3.8, 4) is 11.5 Å². The summed E-state index contributed by atoms with van der Waals surface area (Å²) < 4.78 is 16.4. The second kappa shape index (κ2) is 7.97. The Morgan fingerprint density at radius 3 is 2.33 bits per heavy atom. The Morgan fingerprint density at radius 1 is 0.958 bits per heavy atom. The van der Waals surface area contributed by atoms with Crippen molar-refractivity contribution in [3.63, 3.8) is 0 Å². The Hall–Kier alpha value is -2.34. The van der Waals surface area contributed by atoms with Crippen LogP contribution >= 0.6 is 15.9 Å². The summed E-state index contributed by atoms with van der Waals surface area (Å²) in [5.74, 6) is -0.659. The fraction of sp³-hybridized carbons (Fsp3) is 0.222. The first-order chi connectivity index (χ1) is 11.4. The van der Waals surface area contributed by atoms with Crippen LogP contribution < -0.4 is 9.47 Å². The number of ether oxygens (including phenoxy) is 3. The van der Waals surface area contributed by atoms with Gasteiger partial charge in [-0.1, -0.05) is 28.1 Å². The Labute approximate surface area is 148 Å². The number of hydrogen-bond donors (Lipinski definition) is 0. The van der Waals surface area contributed by atoms with Crippen molar-refractivity contribution >= 4 is 27.9 Å². The van der Waals surface area contributed by atoms with Crippen LogP contribution in [0.4, 0.5) is 0 Å². The third kappa shape index (κ3) is 4.35. The summed E-state index contributed by atoms with van der Waals surface area (Å²) in [4.78, 5) is 24.4. The SMILES string of the molecule is COC(=O)c1cc(Br)ccc1OC(=O)c1ccccc1OC(C)C. The summed E-state index contributed by atoms with van der Waals surface area (Å²) in [6, 6.07) is 11.5. The molecule has 0 atom stereocenters. The second-order valence-corrected chi connectivity index (χ2v) is 6.10. The highest BCUT2D eigenvalue weighted by atomic mass is 79.9. The van der Waals surface area contributed by atoms with Crippen molar-refractivity contribution in [1.29, 1.82) is 0 Å². The summed E-state index contributed by atoms with van der Waals surface area (Å²) >= 11 is 3.28. The minimum Gasteiger partial charge on any atom is -0.490 e. The molecule has 2 aromatic rings. The zero-order valence-electron chi connectivity index (χ0n) is 13.5. The zero-order chi connectivity index (χ0) is 17.7. The quantitative estimate of drug-likeness (QED) is 0.562. The normalized spacial score (nSPS) is 10.4. The monoisotopic (exact) mass is 392 g/mol. The van der Waals surface area contributed by atoms with Crippen LogP contribution in [-0.2, 0) is 4.74 Å². The van der Waals surface area contributed by atoms with Gasteiger partial charge in [-0.3, -0.25) is 0 Å². The fourth-order valence-corrected chi connectivity index (χ4v) is 2.37. The molecule has 0 unspecified atom stereocenters. The number of carbonyl (C=O) groups is 2. The molecule has 0 radical (unpaired) electrons. The molecule has 0 aromatic heterocycles. The number of rotatable bonds is 5. The first-order valence-corrected chi connectivity index (χ1v) is 8.07. The fourth-order valence-electron chi connectivity index (χ4n) is 2.01. The van der Waals surface area contributed by atoms with Crippen LogP contribution in [0.5, 0.6) is 11.5 Å². The van der Waals surface area contributed by atoms with Crippen molar-refractivity contribution < 1.29 is 23.8 Å². The highest BCUT2D eigenvalue weighted by molar-refractivity contribution is 9.10. The van der Waals surface area contributed by atoms with Crippen LogP contribution in [0.25, 0.3) is 0 Å². The van der Waals surface area contributed by atoms with E-state index in [0.717, 1.165) is 0 Å². The molecular weight excluding hydrogens is 376 g/mol. The van der Waals surface area contributed by atoms with Gasteiger partial charge in [-0.25, -0.2) is 9.59 Å². The average Bonchev–Trinajstić information content (AvgIpc) is 2.55. The van der Waals surface area contributed by atoms with Crippen molar-refractivity contribution in [1.82, 2.24) is 0 Å². The van der Waals surface area contributed by atoms with E-state index in [2.05, 4.69) is 15.9 Å².